The van der Waals surface area contributed by atoms with Gasteiger partial charge in [0.2, 0.25) is 5.78 Å². The molecule has 0 spiro atoms. The van der Waals surface area contributed by atoms with Gasteiger partial charge in [0.25, 0.3) is 0 Å². The Morgan fingerprint density at radius 2 is 2.00 bits per heavy atom. The Morgan fingerprint density at radius 3 is 2.68 bits per heavy atom. The monoisotopic (exact) mass is 478 g/mol. The molecule has 1 aromatic carbocycles. The van der Waals surface area contributed by atoms with Crippen molar-refractivity contribution in [1.82, 2.24) is 19.7 Å². The van der Waals surface area contributed by atoms with Gasteiger partial charge in [-0.1, -0.05) is 0 Å². The highest BCUT2D eigenvalue weighted by molar-refractivity contribution is 6.10. The third-order valence-electron chi connectivity index (χ3n) is 5.58. The molecule has 12 heteroatoms. The Labute approximate surface area is 191 Å². The minimum atomic E-state index is -4.70. The molecule has 0 unspecified atom stereocenters. The summed E-state index contributed by atoms with van der Waals surface area (Å²) in [6.45, 7) is 3.59. The van der Waals surface area contributed by atoms with E-state index in [1.807, 2.05) is 0 Å². The maximum atomic E-state index is 13.7. The van der Waals surface area contributed by atoms with Crippen LogP contribution in [-0.2, 0) is 12.7 Å². The molecule has 3 aromatic rings. The van der Waals surface area contributed by atoms with Crippen molar-refractivity contribution in [2.75, 3.05) is 5.32 Å². The standard InChI is InChI=1S/C22H20F4N5O3/c1-11-4-17(20(34)18(11)32)29-21-15(8-27-10-28-21)19(33)16-2-3-31(30-16)9-12-5-13(22(24,25)26)7-14(23)6-12/h2-3,5-8,10-11,17-18,20,32,34H,1,4,9H2,(H,27,28,29)/t11-,17-,18-,20+/m1/s1. The van der Waals surface area contributed by atoms with Crippen LogP contribution in [0.3, 0.4) is 0 Å². The molecular weight excluding hydrogens is 458 g/mol. The molecule has 1 saturated carbocycles. The average Bonchev–Trinajstić information content (AvgIpc) is 3.33. The maximum absolute atomic E-state index is 13.7. The van der Waals surface area contributed by atoms with E-state index in [1.165, 1.54) is 29.5 Å². The molecule has 4 atom stereocenters. The van der Waals surface area contributed by atoms with Gasteiger partial charge in [0, 0.05) is 12.4 Å². The lowest BCUT2D eigenvalue weighted by Crippen LogP contribution is -2.35. The van der Waals surface area contributed by atoms with E-state index in [0.717, 1.165) is 12.1 Å². The molecule has 1 radical (unpaired) electrons. The molecule has 1 aliphatic rings. The third-order valence-corrected chi connectivity index (χ3v) is 5.58. The number of carbonyl (C=O) groups excluding carboxylic acids is 1. The molecule has 0 saturated heterocycles. The van der Waals surface area contributed by atoms with Crippen LogP contribution in [0, 0.1) is 18.7 Å². The van der Waals surface area contributed by atoms with Crippen molar-refractivity contribution in [2.45, 2.75) is 37.4 Å². The fourth-order valence-corrected chi connectivity index (χ4v) is 3.85. The lowest BCUT2D eigenvalue weighted by atomic mass is 10.1. The normalized spacial score (nSPS) is 22.7. The first-order chi connectivity index (χ1) is 16.0. The second-order valence-corrected chi connectivity index (χ2v) is 8.09. The highest BCUT2D eigenvalue weighted by Gasteiger charge is 2.39. The summed E-state index contributed by atoms with van der Waals surface area (Å²) in [6.07, 6.45) is -2.62. The molecule has 34 heavy (non-hydrogen) atoms. The van der Waals surface area contributed by atoms with Gasteiger partial charge in [-0.3, -0.25) is 9.48 Å². The van der Waals surface area contributed by atoms with Crippen molar-refractivity contribution in [1.29, 1.82) is 0 Å². The van der Waals surface area contributed by atoms with Crippen LogP contribution in [-0.4, -0.2) is 54.0 Å². The minimum Gasteiger partial charge on any atom is -0.390 e. The van der Waals surface area contributed by atoms with Gasteiger partial charge in [0.05, 0.1) is 29.8 Å². The zero-order valence-electron chi connectivity index (χ0n) is 17.6. The summed E-state index contributed by atoms with van der Waals surface area (Å²) in [6, 6.07) is 2.96. The summed E-state index contributed by atoms with van der Waals surface area (Å²) in [5.41, 5.74) is -1.08. The first kappa shape index (κ1) is 23.8. The number of halogens is 4. The number of alkyl halides is 3. The summed E-state index contributed by atoms with van der Waals surface area (Å²) in [7, 11) is 0. The lowest BCUT2D eigenvalue weighted by molar-refractivity contribution is -0.137. The van der Waals surface area contributed by atoms with E-state index in [9.17, 15) is 32.6 Å². The Hall–Kier alpha value is -3.38. The number of hydrogen-bond donors (Lipinski definition) is 3. The second kappa shape index (κ2) is 9.11. The number of anilines is 1. The summed E-state index contributed by atoms with van der Waals surface area (Å²) in [5, 5.41) is 27.1. The largest absolute Gasteiger partial charge is 0.416 e. The summed E-state index contributed by atoms with van der Waals surface area (Å²) in [5.74, 6) is -1.88. The molecule has 8 nitrogen and oxygen atoms in total. The molecule has 3 N–H and O–H groups in total. The topological polar surface area (TPSA) is 113 Å². The van der Waals surface area contributed by atoms with E-state index >= 15 is 0 Å². The van der Waals surface area contributed by atoms with Crippen molar-refractivity contribution in [3.63, 3.8) is 0 Å². The number of nitrogens with one attached hydrogen (secondary N) is 1. The van der Waals surface area contributed by atoms with E-state index < -0.39 is 47.5 Å². The summed E-state index contributed by atoms with van der Waals surface area (Å²) in [4.78, 5) is 20.9. The van der Waals surface area contributed by atoms with E-state index in [-0.39, 0.29) is 29.2 Å². The van der Waals surface area contributed by atoms with Crippen LogP contribution in [0.1, 0.15) is 33.6 Å². The van der Waals surface area contributed by atoms with Crippen molar-refractivity contribution < 1.29 is 32.6 Å². The molecule has 179 valence electrons. The number of aliphatic hydroxyl groups is 2. The zero-order chi connectivity index (χ0) is 24.6. The molecule has 1 fully saturated rings. The molecule has 4 rings (SSSR count). The Balaban J connectivity index is 1.53. The van der Waals surface area contributed by atoms with Crippen molar-refractivity contribution in [2.24, 2.45) is 5.92 Å². The molecule has 2 aromatic heterocycles. The fourth-order valence-electron chi connectivity index (χ4n) is 3.85. The van der Waals surface area contributed by atoms with Crippen molar-refractivity contribution >= 4 is 11.6 Å². The molecule has 1 aliphatic carbocycles. The molecular formula is C22H20F4N5O3. The van der Waals surface area contributed by atoms with Gasteiger partial charge in [0.15, 0.2) is 0 Å². The summed E-state index contributed by atoms with van der Waals surface area (Å²) >= 11 is 0. The minimum absolute atomic E-state index is 0.0244. The van der Waals surface area contributed by atoms with Gasteiger partial charge in [-0.05, 0) is 49.1 Å². The van der Waals surface area contributed by atoms with Crippen LogP contribution >= 0.6 is 0 Å². The quantitative estimate of drug-likeness (QED) is 0.369. The van der Waals surface area contributed by atoms with Crippen LogP contribution in [0.15, 0.2) is 43.0 Å². The number of hydrogen-bond acceptors (Lipinski definition) is 7. The highest BCUT2D eigenvalue weighted by Crippen LogP contribution is 2.31. The van der Waals surface area contributed by atoms with Gasteiger partial charge in [-0.25, -0.2) is 14.4 Å². The highest BCUT2D eigenvalue weighted by atomic mass is 19.4. The van der Waals surface area contributed by atoms with E-state index in [0.29, 0.717) is 12.5 Å². The van der Waals surface area contributed by atoms with Crippen LogP contribution in [0.5, 0.6) is 0 Å². The summed E-state index contributed by atoms with van der Waals surface area (Å²) < 4.78 is 53.7. The molecule has 0 amide bonds. The van der Waals surface area contributed by atoms with E-state index in [4.69, 9.17) is 0 Å². The van der Waals surface area contributed by atoms with Crippen LogP contribution in [0.25, 0.3) is 0 Å². The van der Waals surface area contributed by atoms with Gasteiger partial charge in [0.1, 0.15) is 29.8 Å². The lowest BCUT2D eigenvalue weighted by Gasteiger charge is -2.19. The fraction of sp³-hybridized carbons (Fsp3) is 0.318. The van der Waals surface area contributed by atoms with E-state index in [1.54, 1.807) is 0 Å². The first-order valence-electron chi connectivity index (χ1n) is 10.2. The predicted molar refractivity (Wildman–Crippen MR) is 111 cm³/mol. The number of carbonyl (C=O) groups is 1. The average molecular weight is 478 g/mol. The number of aliphatic hydroxyl groups excluding tert-OH is 2. The number of aromatic nitrogens is 4. The third kappa shape index (κ3) is 4.92. The number of rotatable bonds is 6. The molecule has 0 aliphatic heterocycles. The van der Waals surface area contributed by atoms with Crippen molar-refractivity contribution in [3.05, 3.63) is 78.1 Å². The van der Waals surface area contributed by atoms with Gasteiger partial charge >= 0.3 is 6.18 Å². The number of ketones is 1. The first-order valence-corrected chi connectivity index (χ1v) is 10.2. The smallest absolute Gasteiger partial charge is 0.390 e. The zero-order valence-corrected chi connectivity index (χ0v) is 17.6. The van der Waals surface area contributed by atoms with Crippen LogP contribution < -0.4 is 5.32 Å². The predicted octanol–water partition coefficient (Wildman–Crippen LogP) is 2.47. The van der Waals surface area contributed by atoms with Crippen molar-refractivity contribution in [3.8, 4) is 0 Å². The van der Waals surface area contributed by atoms with E-state index in [2.05, 4.69) is 27.3 Å². The van der Waals surface area contributed by atoms with Gasteiger partial charge < -0.3 is 15.5 Å². The number of nitrogens with zero attached hydrogens (tertiary/aromatic N) is 4. The maximum Gasteiger partial charge on any atom is 0.416 e. The Kier molecular flexibility index (Phi) is 6.36. The molecule has 0 bridgehead atoms. The molecule has 2 heterocycles. The Bertz CT molecular complexity index is 1200. The van der Waals surface area contributed by atoms with Crippen LogP contribution in [0.4, 0.5) is 23.4 Å². The SMILES string of the molecule is [CH2][C@@H]1C[C@@H](Nc2ncncc2C(=O)c2ccn(Cc3cc(F)cc(C(F)(F)F)c3)n2)[C@H](O)[C@@H]1O. The number of benzene rings is 1. The Morgan fingerprint density at radius 1 is 1.24 bits per heavy atom. The van der Waals surface area contributed by atoms with Gasteiger partial charge in [-0.15, -0.1) is 0 Å². The van der Waals surface area contributed by atoms with Gasteiger partial charge in [-0.2, -0.15) is 18.3 Å². The second-order valence-electron chi connectivity index (χ2n) is 8.09. The van der Waals surface area contributed by atoms with Crippen LogP contribution in [0.2, 0.25) is 0 Å².